The standard InChI is InChI=1S/2C12H9N3O4.C12H10O6S2.4H2O/c2*16-14(17)11-5-4-9(12(8-11)15(18)19)7-10-3-1-2-6-13-10;13-19(14,15)11-5-1-9(2-6-11)10-3-7-12(8-4-10)20(16,17)18;;;;/h2*1-6,8H,7H2;1-8H,(H,13,14,15)(H,16,17,18);4*1H2. The van der Waals surface area contributed by atoms with Crippen LogP contribution in [0.3, 0.4) is 0 Å². The Balaban J connectivity index is 0.000000872. The van der Waals surface area contributed by atoms with Crippen molar-refractivity contribution in [1.82, 2.24) is 0 Å². The molecule has 0 unspecified atom stereocenters. The second kappa shape index (κ2) is 23.9. The lowest BCUT2D eigenvalue weighted by Gasteiger charge is -2.09. The molecule has 10 N–H and O–H groups in total. The van der Waals surface area contributed by atoms with Gasteiger partial charge in [-0.3, -0.25) is 40.5 Å². The molecule has 2 aromatic heterocycles. The van der Waals surface area contributed by atoms with E-state index < -0.39 is 39.9 Å². The van der Waals surface area contributed by atoms with Gasteiger partial charge in [-0.25, -0.2) is 26.8 Å². The first-order valence-electron chi connectivity index (χ1n) is 16.2. The lowest BCUT2D eigenvalue weighted by Crippen LogP contribution is -2.10. The summed E-state index contributed by atoms with van der Waals surface area (Å²) in [4.78, 5) is 45.9. The van der Waals surface area contributed by atoms with E-state index in [4.69, 9.17) is 0 Å². The van der Waals surface area contributed by atoms with E-state index in [2.05, 4.69) is 9.97 Å². The number of hydrogen-bond donors (Lipinski definition) is 0. The van der Waals surface area contributed by atoms with Crippen LogP contribution in [0.2, 0.25) is 0 Å². The van der Waals surface area contributed by atoms with Crippen molar-refractivity contribution in [2.45, 2.75) is 22.6 Å². The van der Waals surface area contributed by atoms with Crippen molar-refractivity contribution in [2.75, 3.05) is 0 Å². The quantitative estimate of drug-likeness (QED) is 0.101. The third-order valence-corrected chi connectivity index (χ3v) is 9.58. The predicted molar refractivity (Wildman–Crippen MR) is 213 cm³/mol. The zero-order chi connectivity index (χ0) is 42.6. The molecule has 0 bridgehead atoms. The number of nitrogens with zero attached hydrogens (tertiary/aromatic N) is 4. The Morgan fingerprint density at radius 1 is 0.435 bits per heavy atom. The number of nitro groups is 4. The molecule has 0 aliphatic rings. The van der Waals surface area contributed by atoms with Crippen molar-refractivity contribution in [2.24, 2.45) is 0 Å². The van der Waals surface area contributed by atoms with Crippen molar-refractivity contribution >= 4 is 43.0 Å². The molecule has 4 aromatic carbocycles. The Labute approximate surface area is 350 Å². The fourth-order valence-electron chi connectivity index (χ4n) is 5.09. The van der Waals surface area contributed by atoms with E-state index in [1.165, 1.54) is 48.5 Å². The minimum atomic E-state index is -4.50. The smallest absolute Gasteiger partial charge is 0.280 e. The normalized spacial score (nSPS) is 10.2. The van der Waals surface area contributed by atoms with Crippen LogP contribution in [0, 0.1) is 40.5 Å². The molecule has 0 atom stereocenters. The minimum absolute atomic E-state index is 0. The molecule has 0 radical (unpaired) electrons. The molecule has 0 saturated heterocycles. The van der Waals surface area contributed by atoms with Gasteiger partial charge in [-0.1, -0.05) is 36.4 Å². The van der Waals surface area contributed by atoms with Gasteiger partial charge in [0.2, 0.25) is 0 Å². The van der Waals surface area contributed by atoms with Crippen LogP contribution in [0.15, 0.2) is 144 Å². The maximum Gasteiger partial charge on any atom is 0.280 e. The molecule has 0 amide bonds. The monoisotopic (exact) mass is 904 g/mol. The summed E-state index contributed by atoms with van der Waals surface area (Å²) in [5, 5.41) is 43.2. The molecule has 330 valence electrons. The first kappa shape index (κ1) is 54.4. The van der Waals surface area contributed by atoms with Crippen LogP contribution in [0.25, 0.3) is 11.1 Å². The molecule has 26 heteroatoms. The van der Waals surface area contributed by atoms with Gasteiger partial charge >= 0.3 is 0 Å². The summed E-state index contributed by atoms with van der Waals surface area (Å²) < 4.78 is 64.7. The van der Waals surface area contributed by atoms with Crippen molar-refractivity contribution in [3.8, 4) is 11.1 Å². The number of nitro benzene ring substituents is 4. The molecule has 6 rings (SSSR count). The van der Waals surface area contributed by atoms with E-state index in [9.17, 15) is 66.4 Å². The number of nitrogens with one attached hydrogen (secondary N) is 2. The van der Waals surface area contributed by atoms with E-state index >= 15 is 0 Å². The number of aromatic amines is 2. The Morgan fingerprint density at radius 3 is 1.00 bits per heavy atom. The second-order valence-corrected chi connectivity index (χ2v) is 14.5. The largest absolute Gasteiger partial charge is 0.744 e. The average molecular weight is 905 g/mol. The van der Waals surface area contributed by atoms with Gasteiger partial charge in [0.25, 0.3) is 22.7 Å². The molecule has 0 saturated carbocycles. The van der Waals surface area contributed by atoms with Crippen LogP contribution < -0.4 is 9.97 Å². The highest BCUT2D eigenvalue weighted by atomic mass is 32.2. The number of rotatable bonds is 11. The lowest BCUT2D eigenvalue weighted by molar-refractivity contribution is -0.396. The molecule has 24 nitrogen and oxygen atoms in total. The Morgan fingerprint density at radius 2 is 0.758 bits per heavy atom. The van der Waals surface area contributed by atoms with Crippen LogP contribution in [0.1, 0.15) is 22.5 Å². The van der Waals surface area contributed by atoms with Crippen LogP contribution in [-0.4, -0.2) is 67.5 Å². The van der Waals surface area contributed by atoms with Crippen molar-refractivity contribution < 1.29 is 77.5 Å². The van der Waals surface area contributed by atoms with Crippen molar-refractivity contribution in [3.63, 3.8) is 0 Å². The van der Waals surface area contributed by atoms with Gasteiger partial charge in [-0.05, 0) is 47.5 Å². The van der Waals surface area contributed by atoms with Gasteiger partial charge in [0.15, 0.2) is 23.8 Å². The predicted octanol–water partition coefficient (Wildman–Crippen LogP) is 1.68. The third kappa shape index (κ3) is 15.6. The molecule has 62 heavy (non-hydrogen) atoms. The number of H-pyrrole nitrogens is 2. The number of benzene rings is 4. The number of hydrogen-bond acceptors (Lipinski definition) is 14. The fraction of sp³-hybridized carbons (Fsp3) is 0.0556. The number of aromatic nitrogens is 2. The molecule has 2 heterocycles. The number of non-ortho nitro benzene ring substituents is 2. The van der Waals surface area contributed by atoms with Gasteiger partial charge in [0, 0.05) is 47.5 Å². The van der Waals surface area contributed by atoms with E-state index in [1.807, 2.05) is 12.1 Å². The molecule has 0 fully saturated rings. The second-order valence-electron chi connectivity index (χ2n) is 11.7. The highest BCUT2D eigenvalue weighted by molar-refractivity contribution is 7.86. The van der Waals surface area contributed by atoms with E-state index in [0.29, 0.717) is 35.1 Å². The molecule has 6 aromatic rings. The fourth-order valence-corrected chi connectivity index (χ4v) is 6.03. The summed E-state index contributed by atoms with van der Waals surface area (Å²) in [5.41, 5.74) is 2.56. The van der Waals surface area contributed by atoms with Gasteiger partial charge < -0.3 is 31.0 Å². The summed E-state index contributed by atoms with van der Waals surface area (Å²) in [5.74, 6) is 0. The maximum atomic E-state index is 11.0. The number of pyridine rings is 2. The van der Waals surface area contributed by atoms with Crippen LogP contribution in [0.4, 0.5) is 22.7 Å². The first-order valence-corrected chi connectivity index (χ1v) is 19.0. The summed E-state index contributed by atoms with van der Waals surface area (Å²) in [7, 11) is -9.00. The molecule has 0 aliphatic heterocycles. The van der Waals surface area contributed by atoms with Gasteiger partial charge in [0.1, 0.15) is 20.2 Å². The van der Waals surface area contributed by atoms with Crippen molar-refractivity contribution in [3.05, 3.63) is 197 Å². The average Bonchev–Trinajstić information content (AvgIpc) is 3.18. The maximum absolute atomic E-state index is 11.0. The van der Waals surface area contributed by atoms with Crippen LogP contribution >= 0.6 is 0 Å². The van der Waals surface area contributed by atoms with Gasteiger partial charge in [-0.2, -0.15) is 0 Å². The zero-order valence-corrected chi connectivity index (χ0v) is 33.1. The topological polar surface area (TPSA) is 441 Å². The minimum Gasteiger partial charge on any atom is -0.744 e. The SMILES string of the molecule is O.O.O.O.O=S(=O)([O-])c1ccc(-c2ccc(S(=O)(=O)[O-])cc2)cc1.O=[N+]([O-])c1ccc(Cc2cccc[nH+]2)c([N+](=O)[O-])c1.O=[N+]([O-])c1ccc(Cc2cccc[nH+]2)c([N+](=O)[O-])c1. The summed E-state index contributed by atoms with van der Waals surface area (Å²) in [6, 6.07) is 28.5. The summed E-state index contributed by atoms with van der Waals surface area (Å²) >= 11 is 0. The van der Waals surface area contributed by atoms with E-state index in [0.717, 1.165) is 47.8 Å². The Kier molecular flexibility index (Phi) is 21.0. The van der Waals surface area contributed by atoms with E-state index in [1.54, 1.807) is 36.7 Å². The molecular weight excluding hydrogens is 869 g/mol. The Hall–Kier alpha value is -7.56. The zero-order valence-electron chi connectivity index (χ0n) is 31.4. The third-order valence-electron chi connectivity index (χ3n) is 7.88. The lowest BCUT2D eigenvalue weighted by atomic mass is 10.1. The Bertz CT molecular complexity index is 2490. The first-order chi connectivity index (χ1) is 27.3. The highest BCUT2D eigenvalue weighted by Gasteiger charge is 2.22. The van der Waals surface area contributed by atoms with Crippen LogP contribution in [0.5, 0.6) is 0 Å². The molecule has 0 aliphatic carbocycles. The summed E-state index contributed by atoms with van der Waals surface area (Å²) in [6.45, 7) is 0. The van der Waals surface area contributed by atoms with Crippen molar-refractivity contribution in [1.29, 1.82) is 0 Å². The highest BCUT2D eigenvalue weighted by Crippen LogP contribution is 2.27. The van der Waals surface area contributed by atoms with Crippen LogP contribution in [-0.2, 0) is 33.1 Å². The van der Waals surface area contributed by atoms with Gasteiger partial charge in [-0.15, -0.1) is 0 Å². The van der Waals surface area contributed by atoms with E-state index in [-0.39, 0.29) is 54.4 Å². The molecule has 0 spiro atoms. The van der Waals surface area contributed by atoms with Gasteiger partial charge in [0.05, 0.1) is 54.5 Å². The molecular formula is C36H36N6O18S2. The summed E-state index contributed by atoms with van der Waals surface area (Å²) in [6.07, 6.45) is 4.06.